The third-order valence-corrected chi connectivity index (χ3v) is 9.87. The number of esters is 2. The predicted molar refractivity (Wildman–Crippen MR) is 222 cm³/mol. The molecule has 0 amide bonds. The molecule has 0 bridgehead atoms. The van der Waals surface area contributed by atoms with Gasteiger partial charge in [0, 0.05) is 11.8 Å². The van der Waals surface area contributed by atoms with Crippen LogP contribution in [0.5, 0.6) is 5.75 Å². The molecule has 3 N–H and O–H groups in total. The van der Waals surface area contributed by atoms with Crippen molar-refractivity contribution in [1.29, 1.82) is 0 Å². The molecule has 57 heavy (non-hydrogen) atoms. The van der Waals surface area contributed by atoms with Crippen molar-refractivity contribution in [1.82, 2.24) is 0 Å². The third-order valence-electron chi connectivity index (χ3n) is 9.87. The van der Waals surface area contributed by atoms with E-state index in [1.165, 1.54) is 30.4 Å². The number of aliphatic hydroxyl groups is 2. The van der Waals surface area contributed by atoms with Gasteiger partial charge in [0.25, 0.3) is 0 Å². The molecule has 0 aromatic heterocycles. The topological polar surface area (TPSA) is 166 Å². The monoisotopic (exact) mass is 790 g/mol. The molecule has 3 heterocycles. The summed E-state index contributed by atoms with van der Waals surface area (Å²) in [7, 11) is 0. The number of ether oxygens (including phenoxy) is 4. The SMILES string of the molecule is C.C.Cc1cc(C)c2c(c1)C=CC[C@@H]1OC(C)(C)O[C@@H]1C(=O)/C=C\[C@@H](C)[C@H](C)OC2=O.Cc1cc(O)c2c(c1)C=CC[C@H](O)[C@H](O)C(=O)/C=C\[C@@H](C)[C@H](C)OC2=O. The number of ketones is 2. The van der Waals surface area contributed by atoms with Crippen molar-refractivity contribution >= 4 is 35.7 Å². The first-order valence-corrected chi connectivity index (χ1v) is 18.6. The second-order valence-electron chi connectivity index (χ2n) is 15.1. The van der Waals surface area contributed by atoms with Crippen LogP contribution in [0.4, 0.5) is 0 Å². The largest absolute Gasteiger partial charge is 0.507 e. The van der Waals surface area contributed by atoms with E-state index in [-0.39, 0.29) is 68.4 Å². The van der Waals surface area contributed by atoms with Crippen LogP contribution in [-0.4, -0.2) is 81.2 Å². The van der Waals surface area contributed by atoms with E-state index in [0.29, 0.717) is 17.5 Å². The number of aryl methyl sites for hydroxylation is 3. The second kappa shape index (κ2) is 20.7. The van der Waals surface area contributed by atoms with Gasteiger partial charge in [0.1, 0.15) is 35.7 Å². The van der Waals surface area contributed by atoms with Gasteiger partial charge in [-0.2, -0.15) is 0 Å². The van der Waals surface area contributed by atoms with Gasteiger partial charge in [-0.3, -0.25) is 9.59 Å². The quantitative estimate of drug-likeness (QED) is 0.222. The Bertz CT molecular complexity index is 1880. The first-order chi connectivity index (χ1) is 25.8. The summed E-state index contributed by atoms with van der Waals surface area (Å²) < 4.78 is 23.0. The van der Waals surface area contributed by atoms with Gasteiger partial charge < -0.3 is 34.3 Å². The number of phenolic OH excluding ortho intramolecular Hbond substituents is 1. The summed E-state index contributed by atoms with van der Waals surface area (Å²) in [6.45, 7) is 16.5. The molecule has 2 aromatic carbocycles. The number of aromatic hydroxyl groups is 1. The summed E-state index contributed by atoms with van der Waals surface area (Å²) in [4.78, 5) is 50.1. The highest BCUT2D eigenvalue weighted by molar-refractivity contribution is 5.98. The Hall–Kier alpha value is -4.68. The molecule has 1 fully saturated rings. The molecule has 3 aliphatic heterocycles. The number of carbonyl (C=O) groups excluding carboxylic acids is 4. The average Bonchev–Trinajstić information content (AvgIpc) is 3.41. The van der Waals surface area contributed by atoms with E-state index < -0.39 is 42.0 Å². The van der Waals surface area contributed by atoms with Crippen molar-refractivity contribution in [2.24, 2.45) is 11.8 Å². The fourth-order valence-corrected chi connectivity index (χ4v) is 6.46. The molecule has 0 radical (unpaired) electrons. The molecule has 0 spiro atoms. The molecule has 3 aliphatic rings. The van der Waals surface area contributed by atoms with Gasteiger partial charge in [0.05, 0.1) is 17.8 Å². The van der Waals surface area contributed by atoms with Gasteiger partial charge in [-0.1, -0.05) is 88.9 Å². The second-order valence-corrected chi connectivity index (χ2v) is 15.1. The van der Waals surface area contributed by atoms with E-state index in [4.69, 9.17) is 18.9 Å². The fourth-order valence-electron chi connectivity index (χ4n) is 6.46. The van der Waals surface area contributed by atoms with Gasteiger partial charge >= 0.3 is 11.9 Å². The number of rotatable bonds is 0. The van der Waals surface area contributed by atoms with Crippen LogP contribution in [0.2, 0.25) is 0 Å². The Kier molecular flexibility index (Phi) is 17.6. The summed E-state index contributed by atoms with van der Waals surface area (Å²) in [5.74, 6) is -3.19. The standard InChI is InChI=1S/C24H30O5.C20H24O6.2CH4/c1-14-12-16(3)21-18(13-14)8-7-9-20-22(29-24(5,6)28-20)19(25)11-10-15(2)17(4)27-23(21)26;1-11-9-14-5-4-6-15(21)19(24)16(22)8-7-12(2)13(3)26-20(25)18(14)17(23)10-11;;/h7-8,10-13,15,17,20,22H,9H2,1-6H3;4-5,7-10,12-13,15,19,21,23-24H,6H2,1-3H3;2*1H4/b8-7?,11-10-;5-4?,8-7-;;/t15-,17+,20+,22-;12-,13+,15+,19+;;/m11../s1. The van der Waals surface area contributed by atoms with E-state index in [0.717, 1.165) is 22.3 Å². The Labute approximate surface area is 338 Å². The fraction of sp³-hybridized carbons (Fsp3) is 0.478. The number of carbonyl (C=O) groups is 4. The normalized spacial score (nSPS) is 28.8. The molecule has 2 aromatic rings. The maximum absolute atomic E-state index is 12.9. The molecule has 8 atom stereocenters. The molecule has 5 rings (SSSR count). The zero-order valence-corrected chi connectivity index (χ0v) is 33.1. The van der Waals surface area contributed by atoms with Gasteiger partial charge in [0.15, 0.2) is 17.4 Å². The van der Waals surface area contributed by atoms with Crippen LogP contribution in [0, 0.1) is 32.6 Å². The van der Waals surface area contributed by atoms with Crippen LogP contribution >= 0.6 is 0 Å². The summed E-state index contributed by atoms with van der Waals surface area (Å²) in [6.07, 6.45) is 8.67. The Morgan fingerprint density at radius 1 is 0.649 bits per heavy atom. The van der Waals surface area contributed by atoms with Gasteiger partial charge in [-0.25, -0.2) is 9.59 Å². The predicted octanol–water partition coefficient (Wildman–Crippen LogP) is 7.97. The first kappa shape index (κ1) is 48.5. The van der Waals surface area contributed by atoms with E-state index in [1.807, 2.05) is 65.8 Å². The highest BCUT2D eigenvalue weighted by Gasteiger charge is 2.43. The summed E-state index contributed by atoms with van der Waals surface area (Å²) in [5.41, 5.74) is 4.56. The minimum atomic E-state index is -1.53. The lowest BCUT2D eigenvalue weighted by Crippen LogP contribution is -2.32. The molecule has 312 valence electrons. The molecule has 0 aliphatic carbocycles. The van der Waals surface area contributed by atoms with Gasteiger partial charge in [0.2, 0.25) is 0 Å². The number of phenols is 1. The summed E-state index contributed by atoms with van der Waals surface area (Å²) in [5, 5.41) is 30.1. The van der Waals surface area contributed by atoms with Crippen LogP contribution in [0.15, 0.2) is 60.7 Å². The molecule has 11 heteroatoms. The van der Waals surface area contributed by atoms with Crippen LogP contribution in [0.25, 0.3) is 12.2 Å². The molecular weight excluding hydrogens is 728 g/mol. The van der Waals surface area contributed by atoms with Crippen molar-refractivity contribution in [2.75, 3.05) is 0 Å². The van der Waals surface area contributed by atoms with E-state index in [2.05, 4.69) is 0 Å². The number of cyclic esters (lactones) is 2. The van der Waals surface area contributed by atoms with Crippen molar-refractivity contribution in [2.45, 2.75) is 132 Å². The maximum atomic E-state index is 12.9. The van der Waals surface area contributed by atoms with Crippen molar-refractivity contribution in [3.05, 3.63) is 99.7 Å². The lowest BCUT2D eigenvalue weighted by Gasteiger charge is -2.20. The molecule has 1 saturated heterocycles. The molecule has 0 unspecified atom stereocenters. The number of hydrogen-bond acceptors (Lipinski definition) is 11. The zero-order valence-electron chi connectivity index (χ0n) is 33.1. The molecular formula is C46H62O11. The van der Waals surface area contributed by atoms with Crippen molar-refractivity contribution in [3.8, 4) is 5.75 Å². The Balaban J connectivity index is 0.000000382. The van der Waals surface area contributed by atoms with Crippen LogP contribution < -0.4 is 0 Å². The Morgan fingerprint density at radius 3 is 1.72 bits per heavy atom. The average molecular weight is 791 g/mol. The lowest BCUT2D eigenvalue weighted by molar-refractivity contribution is -0.152. The van der Waals surface area contributed by atoms with Gasteiger partial charge in [-0.05, 0) is 102 Å². The molecule has 0 saturated carbocycles. The van der Waals surface area contributed by atoms with Gasteiger partial charge in [-0.15, -0.1) is 0 Å². The maximum Gasteiger partial charge on any atom is 0.342 e. The number of aliphatic hydroxyl groups excluding tert-OH is 2. The highest BCUT2D eigenvalue weighted by atomic mass is 16.8. The van der Waals surface area contributed by atoms with Crippen LogP contribution in [-0.2, 0) is 28.5 Å². The lowest BCUT2D eigenvalue weighted by atomic mass is 9.96. The minimum absolute atomic E-state index is 0. The molecule has 11 nitrogen and oxygen atoms in total. The Morgan fingerprint density at radius 2 is 1.14 bits per heavy atom. The van der Waals surface area contributed by atoms with Crippen molar-refractivity contribution in [3.63, 3.8) is 0 Å². The highest BCUT2D eigenvalue weighted by Crippen LogP contribution is 2.32. The van der Waals surface area contributed by atoms with Crippen LogP contribution in [0.1, 0.15) is 118 Å². The van der Waals surface area contributed by atoms with E-state index in [9.17, 15) is 34.5 Å². The smallest absolute Gasteiger partial charge is 0.342 e. The number of benzene rings is 2. The zero-order chi connectivity index (χ0) is 40.8. The van der Waals surface area contributed by atoms with E-state index >= 15 is 0 Å². The first-order valence-electron chi connectivity index (χ1n) is 18.6. The van der Waals surface area contributed by atoms with Crippen LogP contribution in [0.3, 0.4) is 0 Å². The number of hydrogen-bond donors (Lipinski definition) is 3. The third kappa shape index (κ3) is 12.7. The van der Waals surface area contributed by atoms with Crippen molar-refractivity contribution < 1.29 is 53.4 Å². The minimum Gasteiger partial charge on any atom is -0.507 e. The van der Waals surface area contributed by atoms with E-state index in [1.54, 1.807) is 39.0 Å². The summed E-state index contributed by atoms with van der Waals surface area (Å²) in [6, 6.07) is 7.14. The summed E-state index contributed by atoms with van der Waals surface area (Å²) >= 11 is 0. The number of fused-ring (bicyclic) bond motifs is 3.